The number of carbonyl (C=O) groups excluding carboxylic acids is 1. The SMILES string of the molecule is CCCN1C(=O)N(CCC)C(CO)c2[nH]c(C34CCCC(/C=C/C(=O)O)(CC3)C4)nc21. The summed E-state index contributed by atoms with van der Waals surface area (Å²) >= 11 is 0. The van der Waals surface area contributed by atoms with Crippen molar-refractivity contribution in [3.05, 3.63) is 23.7 Å². The van der Waals surface area contributed by atoms with Gasteiger partial charge in [-0.2, -0.15) is 0 Å². The molecule has 1 aromatic heterocycles. The van der Waals surface area contributed by atoms with Crippen LogP contribution in [-0.2, 0) is 10.2 Å². The number of aromatic nitrogens is 2. The number of H-pyrrole nitrogens is 1. The van der Waals surface area contributed by atoms with Crippen molar-refractivity contribution in [2.75, 3.05) is 24.6 Å². The van der Waals surface area contributed by atoms with Crippen LogP contribution in [0.5, 0.6) is 0 Å². The second kappa shape index (κ2) is 8.30. The molecule has 3 unspecified atom stereocenters. The van der Waals surface area contributed by atoms with Gasteiger partial charge in [0.2, 0.25) is 0 Å². The Morgan fingerprint density at radius 3 is 2.68 bits per heavy atom. The number of urea groups is 1. The molecule has 1 aromatic rings. The van der Waals surface area contributed by atoms with Crippen molar-refractivity contribution >= 4 is 17.8 Å². The maximum absolute atomic E-state index is 13.2. The number of carboxylic acids is 1. The van der Waals surface area contributed by atoms with Gasteiger partial charge in [-0.25, -0.2) is 14.6 Å². The highest BCUT2D eigenvalue weighted by Gasteiger charge is 2.53. The Morgan fingerprint density at radius 1 is 1.23 bits per heavy atom. The molecule has 2 fully saturated rings. The highest BCUT2D eigenvalue weighted by molar-refractivity contribution is 5.94. The molecular weight excluding hydrogens is 396 g/mol. The molecule has 2 saturated carbocycles. The highest BCUT2D eigenvalue weighted by atomic mass is 16.4. The van der Waals surface area contributed by atoms with Gasteiger partial charge in [0, 0.05) is 24.6 Å². The zero-order valence-corrected chi connectivity index (χ0v) is 18.6. The molecule has 0 radical (unpaired) electrons. The fraction of sp³-hybridized carbons (Fsp3) is 0.696. The van der Waals surface area contributed by atoms with Crippen molar-refractivity contribution in [3.63, 3.8) is 0 Å². The van der Waals surface area contributed by atoms with Gasteiger partial charge in [-0.05, 0) is 50.4 Å². The molecular formula is C23H34N4O4. The van der Waals surface area contributed by atoms with E-state index in [0.29, 0.717) is 18.9 Å². The molecule has 0 spiro atoms. The van der Waals surface area contributed by atoms with E-state index in [9.17, 15) is 14.7 Å². The van der Waals surface area contributed by atoms with Crippen molar-refractivity contribution in [3.8, 4) is 0 Å². The van der Waals surface area contributed by atoms with Crippen LogP contribution in [0.1, 0.15) is 82.8 Å². The maximum Gasteiger partial charge on any atom is 0.327 e. The summed E-state index contributed by atoms with van der Waals surface area (Å²) in [6, 6.07) is -0.491. The Bertz CT molecular complexity index is 881. The minimum Gasteiger partial charge on any atom is -0.478 e. The number of aliphatic carboxylic acids is 1. The number of nitrogens with zero attached hydrogens (tertiary/aromatic N) is 3. The van der Waals surface area contributed by atoms with Crippen LogP contribution >= 0.6 is 0 Å². The first kappa shape index (κ1) is 21.9. The largest absolute Gasteiger partial charge is 0.478 e. The van der Waals surface area contributed by atoms with Crippen LogP contribution in [0, 0.1) is 5.41 Å². The molecule has 0 aromatic carbocycles. The number of imidazole rings is 1. The topological polar surface area (TPSA) is 110 Å². The van der Waals surface area contributed by atoms with Crippen molar-refractivity contribution in [1.82, 2.24) is 14.9 Å². The Balaban J connectivity index is 1.73. The summed E-state index contributed by atoms with van der Waals surface area (Å²) in [5.74, 6) is 0.654. The molecule has 8 heteroatoms. The Hall–Kier alpha value is -2.35. The standard InChI is InChI=1S/C23H34N4O4/c1-3-12-26-16(14-28)18-19(27(13-4-2)21(26)31)25-20(24-18)23-8-5-7-22(15-23,10-11-23)9-6-17(29)30/h6,9,16,28H,3-5,7-8,10-15H2,1-2H3,(H,24,25)(H,29,30)/b9-6+. The molecule has 4 rings (SSSR count). The number of aliphatic hydroxyl groups is 1. The molecule has 1 aliphatic heterocycles. The lowest BCUT2D eigenvalue weighted by atomic mass is 9.68. The van der Waals surface area contributed by atoms with Gasteiger partial charge in [0.1, 0.15) is 11.9 Å². The lowest BCUT2D eigenvalue weighted by Crippen LogP contribution is -2.51. The summed E-state index contributed by atoms with van der Waals surface area (Å²) in [5, 5.41) is 19.3. The van der Waals surface area contributed by atoms with Crippen molar-refractivity contribution in [2.24, 2.45) is 5.41 Å². The third-order valence-electron chi connectivity index (χ3n) is 7.44. The van der Waals surface area contributed by atoms with E-state index in [4.69, 9.17) is 10.1 Å². The van der Waals surface area contributed by atoms with Crippen molar-refractivity contribution in [2.45, 2.75) is 76.7 Å². The van der Waals surface area contributed by atoms with E-state index in [2.05, 4.69) is 4.98 Å². The van der Waals surface area contributed by atoms with Gasteiger partial charge < -0.3 is 20.1 Å². The first-order chi connectivity index (χ1) is 14.9. The van der Waals surface area contributed by atoms with Gasteiger partial charge in [-0.15, -0.1) is 0 Å². The number of nitrogens with one attached hydrogen (secondary N) is 1. The van der Waals surface area contributed by atoms with E-state index in [1.165, 1.54) is 6.08 Å². The normalized spacial score (nSPS) is 30.3. The van der Waals surface area contributed by atoms with Crippen LogP contribution < -0.4 is 4.90 Å². The molecule has 2 aliphatic carbocycles. The summed E-state index contributed by atoms with van der Waals surface area (Å²) in [6.07, 6.45) is 10.6. The average molecular weight is 431 g/mol. The van der Waals surface area contributed by atoms with Gasteiger partial charge in [0.25, 0.3) is 0 Å². The van der Waals surface area contributed by atoms with Gasteiger partial charge >= 0.3 is 12.0 Å². The van der Waals surface area contributed by atoms with E-state index in [1.807, 2.05) is 19.9 Å². The number of allylic oxidation sites excluding steroid dienone is 1. The molecule has 0 saturated heterocycles. The summed E-state index contributed by atoms with van der Waals surface area (Å²) < 4.78 is 0. The smallest absolute Gasteiger partial charge is 0.327 e. The fourth-order valence-electron chi connectivity index (χ4n) is 6.05. The number of aromatic amines is 1. The number of amides is 2. The van der Waals surface area contributed by atoms with E-state index in [1.54, 1.807) is 9.80 Å². The maximum atomic E-state index is 13.2. The molecule has 2 bridgehead atoms. The van der Waals surface area contributed by atoms with Crippen molar-refractivity contribution < 1.29 is 19.8 Å². The van der Waals surface area contributed by atoms with Gasteiger partial charge in [0.15, 0.2) is 5.82 Å². The summed E-state index contributed by atoms with van der Waals surface area (Å²) in [5.41, 5.74) is 0.611. The number of rotatable bonds is 8. The monoisotopic (exact) mass is 430 g/mol. The summed E-state index contributed by atoms with van der Waals surface area (Å²) in [6.45, 7) is 5.12. The third-order valence-corrected chi connectivity index (χ3v) is 7.44. The second-order valence-corrected chi connectivity index (χ2v) is 9.49. The van der Waals surface area contributed by atoms with Crippen LogP contribution in [0.2, 0.25) is 0 Å². The Kier molecular flexibility index (Phi) is 5.85. The van der Waals surface area contributed by atoms with E-state index in [-0.39, 0.29) is 23.5 Å². The van der Waals surface area contributed by atoms with Crippen molar-refractivity contribution in [1.29, 1.82) is 0 Å². The quantitative estimate of drug-likeness (QED) is 0.544. The predicted molar refractivity (Wildman–Crippen MR) is 117 cm³/mol. The number of hydrogen-bond donors (Lipinski definition) is 3. The Morgan fingerprint density at radius 2 is 2.00 bits per heavy atom. The zero-order valence-electron chi connectivity index (χ0n) is 18.6. The van der Waals surface area contributed by atoms with Crippen LogP contribution in [-0.4, -0.2) is 56.8 Å². The van der Waals surface area contributed by atoms with Gasteiger partial charge in [-0.3, -0.25) is 4.90 Å². The first-order valence-electron chi connectivity index (χ1n) is 11.6. The Labute approximate surface area is 183 Å². The first-order valence-corrected chi connectivity index (χ1v) is 11.6. The molecule has 2 heterocycles. The molecule has 3 atom stereocenters. The lowest BCUT2D eigenvalue weighted by Gasteiger charge is -2.39. The highest BCUT2D eigenvalue weighted by Crippen LogP contribution is 2.60. The molecule has 2 amide bonds. The molecule has 170 valence electrons. The number of carboxylic acid groups (broad SMARTS) is 1. The number of fused-ring (bicyclic) bond motifs is 3. The minimum atomic E-state index is -0.901. The zero-order chi connectivity index (χ0) is 22.2. The minimum absolute atomic E-state index is 0.0837. The second-order valence-electron chi connectivity index (χ2n) is 9.49. The van der Waals surface area contributed by atoms with Crippen LogP contribution in [0.4, 0.5) is 10.6 Å². The molecule has 3 aliphatic rings. The van der Waals surface area contributed by atoms with Crippen LogP contribution in [0.25, 0.3) is 0 Å². The van der Waals surface area contributed by atoms with Crippen LogP contribution in [0.3, 0.4) is 0 Å². The number of aliphatic hydroxyl groups excluding tert-OH is 1. The number of hydrogen-bond acceptors (Lipinski definition) is 4. The summed E-state index contributed by atoms with van der Waals surface area (Å²) in [7, 11) is 0. The van der Waals surface area contributed by atoms with Crippen LogP contribution in [0.15, 0.2) is 12.2 Å². The third kappa shape index (κ3) is 3.64. The molecule has 3 N–H and O–H groups in total. The van der Waals surface area contributed by atoms with E-state index in [0.717, 1.165) is 62.9 Å². The predicted octanol–water partition coefficient (Wildman–Crippen LogP) is 3.74. The van der Waals surface area contributed by atoms with Gasteiger partial charge in [-0.1, -0.05) is 26.3 Å². The number of carbonyl (C=O) groups is 2. The lowest BCUT2D eigenvalue weighted by molar-refractivity contribution is -0.131. The average Bonchev–Trinajstić information content (AvgIpc) is 3.30. The van der Waals surface area contributed by atoms with E-state index >= 15 is 0 Å². The summed E-state index contributed by atoms with van der Waals surface area (Å²) in [4.78, 5) is 36.4. The van der Waals surface area contributed by atoms with Gasteiger partial charge in [0.05, 0.1) is 12.3 Å². The number of anilines is 1. The fourth-order valence-corrected chi connectivity index (χ4v) is 6.05. The van der Waals surface area contributed by atoms with E-state index < -0.39 is 12.0 Å². The molecule has 31 heavy (non-hydrogen) atoms. The molecule has 8 nitrogen and oxygen atoms in total.